The molecule has 0 aliphatic heterocycles. The molecule has 0 heterocycles. The van der Waals surface area contributed by atoms with E-state index in [1.165, 1.54) is 19.1 Å². The van der Waals surface area contributed by atoms with Crippen LogP contribution in [0.5, 0.6) is 0 Å². The number of halogens is 3. The molecule has 0 aromatic heterocycles. The number of hydrogen-bond acceptors (Lipinski definition) is 3. The van der Waals surface area contributed by atoms with Crippen LogP contribution in [0.2, 0.25) is 0 Å². The lowest BCUT2D eigenvalue weighted by Crippen LogP contribution is -2.37. The molecule has 9 heteroatoms. The molecule has 1 aromatic carbocycles. The van der Waals surface area contributed by atoms with Crippen LogP contribution in [0.25, 0.3) is 0 Å². The fourth-order valence-electron chi connectivity index (χ4n) is 1.69. The maximum absolute atomic E-state index is 14.4. The highest BCUT2D eigenvalue weighted by Gasteiger charge is 2.53. The van der Waals surface area contributed by atoms with Gasteiger partial charge in [0.1, 0.15) is 6.04 Å². The van der Waals surface area contributed by atoms with Crippen LogP contribution in [0.3, 0.4) is 0 Å². The van der Waals surface area contributed by atoms with E-state index in [2.05, 4.69) is 20.7 Å². The summed E-state index contributed by atoms with van der Waals surface area (Å²) in [5, 5.41) is 1.79. The predicted octanol–water partition coefficient (Wildman–Crippen LogP) is 3.53. The van der Waals surface area contributed by atoms with Gasteiger partial charge in [0.05, 0.1) is 6.61 Å². The Morgan fingerprint density at radius 2 is 2.14 bits per heavy atom. The molecule has 0 spiro atoms. The average Bonchev–Trinajstić information content (AvgIpc) is 2.37. The third-order valence-corrected chi connectivity index (χ3v) is 5.23. The summed E-state index contributed by atoms with van der Waals surface area (Å²) < 4.78 is 45.4. The van der Waals surface area contributed by atoms with Gasteiger partial charge >= 0.3 is 19.2 Å². The third-order valence-electron chi connectivity index (χ3n) is 2.84. The second-order valence-electron chi connectivity index (χ2n) is 4.70. The first kappa shape index (κ1) is 19.2. The summed E-state index contributed by atoms with van der Waals surface area (Å²) in [6.45, 7) is 4.47. The lowest BCUT2D eigenvalue weighted by atomic mass is 10.1. The lowest BCUT2D eigenvalue weighted by Gasteiger charge is -2.26. The normalized spacial score (nSPS) is 16.0. The first-order valence-electron chi connectivity index (χ1n) is 6.44. The third kappa shape index (κ3) is 4.13. The predicted molar refractivity (Wildman–Crippen MR) is 81.8 cm³/mol. The van der Waals surface area contributed by atoms with Gasteiger partial charge in [-0.2, -0.15) is 8.78 Å². The Kier molecular flexibility index (Phi) is 6.27. The molecule has 22 heavy (non-hydrogen) atoms. The van der Waals surface area contributed by atoms with Crippen LogP contribution in [0.15, 0.2) is 22.7 Å². The van der Waals surface area contributed by atoms with Gasteiger partial charge in [-0.3, -0.25) is 9.36 Å². The number of nitrogens with one attached hydrogen (secondary N) is 1. The van der Waals surface area contributed by atoms with E-state index in [1.54, 1.807) is 18.9 Å². The van der Waals surface area contributed by atoms with Crippen LogP contribution in [0.1, 0.15) is 25.0 Å². The van der Waals surface area contributed by atoms with Crippen LogP contribution < -0.4 is 5.09 Å². The van der Waals surface area contributed by atoms with Crippen LogP contribution in [-0.2, 0) is 19.8 Å². The number of alkyl halides is 2. The Balaban J connectivity index is 3.08. The SMILES string of the molecule is CCOC(=O)C(C)NP(=O)(O)C(F)(F)c1ccc(C)cc1Br. The van der Waals surface area contributed by atoms with E-state index in [1.807, 2.05) is 0 Å². The fraction of sp³-hybridized carbons (Fsp3) is 0.462. The summed E-state index contributed by atoms with van der Waals surface area (Å²) in [6, 6.07) is 2.55. The molecular weight excluding hydrogens is 383 g/mol. The van der Waals surface area contributed by atoms with Gasteiger partial charge in [-0.1, -0.05) is 28.1 Å². The fourth-order valence-corrected chi connectivity index (χ4v) is 3.90. The quantitative estimate of drug-likeness (QED) is 0.565. The molecule has 2 unspecified atom stereocenters. The van der Waals surface area contributed by atoms with Crippen molar-refractivity contribution in [3.63, 3.8) is 0 Å². The van der Waals surface area contributed by atoms with E-state index in [4.69, 9.17) is 0 Å². The van der Waals surface area contributed by atoms with Crippen molar-refractivity contribution in [2.24, 2.45) is 0 Å². The highest BCUT2D eigenvalue weighted by Crippen LogP contribution is 2.60. The molecular formula is C13H17BrF2NO4P. The number of carbonyl (C=O) groups is 1. The van der Waals surface area contributed by atoms with Gasteiger partial charge in [-0.15, -0.1) is 0 Å². The second kappa shape index (κ2) is 7.17. The molecule has 124 valence electrons. The van der Waals surface area contributed by atoms with E-state index in [0.29, 0.717) is 5.56 Å². The van der Waals surface area contributed by atoms with Crippen molar-refractivity contribution in [1.82, 2.24) is 5.09 Å². The zero-order valence-electron chi connectivity index (χ0n) is 12.3. The van der Waals surface area contributed by atoms with Crippen molar-refractivity contribution in [2.45, 2.75) is 32.5 Å². The molecule has 0 fully saturated rings. The Labute approximate surface area is 135 Å². The van der Waals surface area contributed by atoms with Gasteiger partial charge in [-0.05, 0) is 32.4 Å². The van der Waals surface area contributed by atoms with Crippen LogP contribution in [0.4, 0.5) is 8.78 Å². The molecule has 1 rings (SSSR count). The number of benzene rings is 1. The molecule has 5 nitrogen and oxygen atoms in total. The molecule has 0 aliphatic carbocycles. The molecule has 0 radical (unpaired) electrons. The summed E-state index contributed by atoms with van der Waals surface area (Å²) in [7, 11) is -5.21. The largest absolute Gasteiger partial charge is 0.465 e. The number of ether oxygens (including phenoxy) is 1. The molecule has 0 amide bonds. The second-order valence-corrected chi connectivity index (χ2v) is 7.53. The van der Waals surface area contributed by atoms with Gasteiger partial charge in [0.25, 0.3) is 0 Å². The average molecular weight is 400 g/mol. The Morgan fingerprint density at radius 3 is 2.64 bits per heavy atom. The first-order valence-corrected chi connectivity index (χ1v) is 8.90. The van der Waals surface area contributed by atoms with Crippen molar-refractivity contribution in [1.29, 1.82) is 0 Å². The number of esters is 1. The molecule has 2 atom stereocenters. The lowest BCUT2D eigenvalue weighted by molar-refractivity contribution is -0.144. The van der Waals surface area contributed by atoms with Crippen molar-refractivity contribution < 1.29 is 27.8 Å². The van der Waals surface area contributed by atoms with Crippen LogP contribution in [0, 0.1) is 6.92 Å². The summed E-state index contributed by atoms with van der Waals surface area (Å²) in [4.78, 5) is 21.2. The van der Waals surface area contributed by atoms with Crippen molar-refractivity contribution in [3.05, 3.63) is 33.8 Å². The zero-order valence-corrected chi connectivity index (χ0v) is 14.7. The maximum Gasteiger partial charge on any atom is 0.361 e. The Hall–Kier alpha value is -0.820. The molecule has 0 aliphatic rings. The first-order chi connectivity index (χ1) is 10.0. The number of aryl methyl sites for hydroxylation is 1. The summed E-state index contributed by atoms with van der Waals surface area (Å²) >= 11 is 2.96. The van der Waals surface area contributed by atoms with Crippen LogP contribution >= 0.6 is 23.4 Å². The summed E-state index contributed by atoms with van der Waals surface area (Å²) in [5.74, 6) is -0.879. The number of hydrogen-bond donors (Lipinski definition) is 2. The highest BCUT2D eigenvalue weighted by atomic mass is 79.9. The van der Waals surface area contributed by atoms with E-state index in [9.17, 15) is 23.0 Å². The smallest absolute Gasteiger partial charge is 0.361 e. The molecule has 0 saturated heterocycles. The van der Waals surface area contributed by atoms with Gasteiger partial charge in [0, 0.05) is 10.0 Å². The summed E-state index contributed by atoms with van der Waals surface area (Å²) in [6.07, 6.45) is 0. The minimum Gasteiger partial charge on any atom is -0.465 e. The Bertz CT molecular complexity index is 612. The van der Waals surface area contributed by atoms with E-state index >= 15 is 0 Å². The molecule has 1 aromatic rings. The van der Waals surface area contributed by atoms with Gasteiger partial charge in [0.2, 0.25) is 0 Å². The van der Waals surface area contributed by atoms with Crippen molar-refractivity contribution >= 4 is 29.4 Å². The van der Waals surface area contributed by atoms with Crippen molar-refractivity contribution in [3.8, 4) is 0 Å². The maximum atomic E-state index is 14.4. The van der Waals surface area contributed by atoms with Gasteiger partial charge in [-0.25, -0.2) is 5.09 Å². The van der Waals surface area contributed by atoms with Crippen molar-refractivity contribution in [2.75, 3.05) is 6.61 Å². The monoisotopic (exact) mass is 399 g/mol. The zero-order chi connectivity index (χ0) is 17.1. The molecule has 0 saturated carbocycles. The van der Waals surface area contributed by atoms with Gasteiger partial charge < -0.3 is 9.63 Å². The summed E-state index contributed by atoms with van der Waals surface area (Å²) in [5.41, 5.74) is -3.99. The minimum atomic E-state index is -5.21. The van der Waals surface area contributed by atoms with Crippen LogP contribution in [-0.4, -0.2) is 23.5 Å². The highest BCUT2D eigenvalue weighted by molar-refractivity contribution is 9.10. The van der Waals surface area contributed by atoms with E-state index < -0.39 is 30.8 Å². The Morgan fingerprint density at radius 1 is 1.55 bits per heavy atom. The van der Waals surface area contributed by atoms with E-state index in [-0.39, 0.29) is 11.1 Å². The standard InChI is InChI=1S/C13H17BrF2NO4P/c1-4-21-12(18)9(3)17-22(19,20)13(15,16)10-6-5-8(2)7-11(10)14/h5-7,9H,4H2,1-3H3,(H2,17,19,20). The molecule has 0 bridgehead atoms. The van der Waals surface area contributed by atoms with E-state index in [0.717, 1.165) is 6.07 Å². The molecule has 2 N–H and O–H groups in total. The number of carbonyl (C=O) groups excluding carboxylic acids is 1. The van der Waals surface area contributed by atoms with Gasteiger partial charge in [0.15, 0.2) is 0 Å². The number of rotatable bonds is 6. The topological polar surface area (TPSA) is 75.6 Å². The minimum absolute atomic E-state index is 0.0114.